The number of rotatable bonds is 6. The molecule has 1 atom stereocenters. The fraction of sp³-hybridized carbons (Fsp3) is 0.138. The Labute approximate surface area is 218 Å². The molecule has 4 rings (SSSR count). The summed E-state index contributed by atoms with van der Waals surface area (Å²) >= 11 is 4.78. The van der Waals surface area contributed by atoms with E-state index in [1.165, 1.54) is 11.8 Å². The maximum Gasteiger partial charge on any atom is 0.237 e. The SMILES string of the molecule is Cc1cccc(C)c1NC(=O)[C@@H](C)Sc1nc(-c2ccc(Br)cc2)cc(-c2ccccc2)c1C#N. The minimum absolute atomic E-state index is 0.131. The number of nitriles is 1. The predicted octanol–water partition coefficient (Wildman–Crippen LogP) is 7.79. The molecule has 6 heteroatoms. The number of nitrogens with one attached hydrogen (secondary N) is 1. The van der Waals surface area contributed by atoms with Crippen LogP contribution >= 0.6 is 27.7 Å². The Kier molecular flexibility index (Phi) is 7.70. The van der Waals surface area contributed by atoms with E-state index < -0.39 is 5.25 Å². The van der Waals surface area contributed by atoms with Gasteiger partial charge in [0.05, 0.1) is 16.5 Å². The van der Waals surface area contributed by atoms with Crippen LogP contribution in [-0.4, -0.2) is 16.1 Å². The van der Waals surface area contributed by atoms with Crippen LogP contribution in [-0.2, 0) is 4.79 Å². The molecule has 3 aromatic carbocycles. The van der Waals surface area contributed by atoms with Crippen LogP contribution in [0.15, 0.2) is 88.4 Å². The summed E-state index contributed by atoms with van der Waals surface area (Å²) in [5, 5.41) is 13.2. The zero-order chi connectivity index (χ0) is 24.9. The van der Waals surface area contributed by atoms with Gasteiger partial charge in [0.1, 0.15) is 11.1 Å². The van der Waals surface area contributed by atoms with Crippen molar-refractivity contribution >= 4 is 39.3 Å². The van der Waals surface area contributed by atoms with Gasteiger partial charge in [-0.3, -0.25) is 4.79 Å². The molecule has 0 aliphatic heterocycles. The smallest absolute Gasteiger partial charge is 0.237 e. The number of aromatic nitrogens is 1. The summed E-state index contributed by atoms with van der Waals surface area (Å²) in [6.07, 6.45) is 0. The molecule has 0 spiro atoms. The molecule has 0 saturated carbocycles. The normalized spacial score (nSPS) is 11.5. The Morgan fingerprint density at radius 2 is 1.63 bits per heavy atom. The van der Waals surface area contributed by atoms with Crippen molar-refractivity contribution in [2.45, 2.75) is 31.0 Å². The summed E-state index contributed by atoms with van der Waals surface area (Å²) in [5.41, 5.74) is 6.72. The van der Waals surface area contributed by atoms with Crippen molar-refractivity contribution < 1.29 is 4.79 Å². The summed E-state index contributed by atoms with van der Waals surface area (Å²) < 4.78 is 0.976. The van der Waals surface area contributed by atoms with Crippen LogP contribution in [0.5, 0.6) is 0 Å². The van der Waals surface area contributed by atoms with Gasteiger partial charge in [0, 0.05) is 21.3 Å². The van der Waals surface area contributed by atoms with Crippen molar-refractivity contribution in [3.63, 3.8) is 0 Å². The van der Waals surface area contributed by atoms with Gasteiger partial charge in [-0.25, -0.2) is 4.98 Å². The third-order valence-corrected chi connectivity index (χ3v) is 7.32. The highest BCUT2D eigenvalue weighted by Gasteiger charge is 2.22. The fourth-order valence-corrected chi connectivity index (χ4v) is 4.98. The highest BCUT2D eigenvalue weighted by atomic mass is 79.9. The molecule has 1 heterocycles. The third kappa shape index (κ3) is 5.64. The van der Waals surface area contributed by atoms with Crippen molar-refractivity contribution in [1.82, 2.24) is 4.98 Å². The van der Waals surface area contributed by atoms with Crippen LogP contribution in [0.25, 0.3) is 22.4 Å². The van der Waals surface area contributed by atoms with Crippen LogP contribution in [0.4, 0.5) is 5.69 Å². The summed E-state index contributed by atoms with van der Waals surface area (Å²) in [7, 11) is 0. The number of hydrogen-bond donors (Lipinski definition) is 1. The molecule has 0 radical (unpaired) electrons. The first-order valence-corrected chi connectivity index (χ1v) is 12.8. The van der Waals surface area contributed by atoms with Crippen molar-refractivity contribution in [2.24, 2.45) is 0 Å². The first-order valence-electron chi connectivity index (χ1n) is 11.2. The van der Waals surface area contributed by atoms with E-state index >= 15 is 0 Å². The molecule has 1 aromatic heterocycles. The average molecular weight is 543 g/mol. The molecule has 0 saturated heterocycles. The maximum absolute atomic E-state index is 13.1. The minimum atomic E-state index is -0.461. The molecule has 0 aliphatic carbocycles. The first-order chi connectivity index (χ1) is 16.9. The van der Waals surface area contributed by atoms with Gasteiger partial charge in [-0.1, -0.05) is 88.4 Å². The van der Waals surface area contributed by atoms with Gasteiger partial charge in [-0.2, -0.15) is 5.26 Å². The third-order valence-electron chi connectivity index (χ3n) is 5.71. The maximum atomic E-state index is 13.1. The van der Waals surface area contributed by atoms with E-state index in [0.29, 0.717) is 10.6 Å². The van der Waals surface area contributed by atoms with Crippen molar-refractivity contribution in [3.05, 3.63) is 100 Å². The van der Waals surface area contributed by atoms with Gasteiger partial charge >= 0.3 is 0 Å². The fourth-order valence-electron chi connectivity index (χ4n) is 3.79. The summed E-state index contributed by atoms with van der Waals surface area (Å²) in [4.78, 5) is 18.0. The topological polar surface area (TPSA) is 65.8 Å². The molecule has 4 nitrogen and oxygen atoms in total. The lowest BCUT2D eigenvalue weighted by Gasteiger charge is -2.17. The van der Waals surface area contributed by atoms with Crippen LogP contribution in [0.2, 0.25) is 0 Å². The Hall–Kier alpha value is -3.40. The van der Waals surface area contributed by atoms with E-state index in [-0.39, 0.29) is 5.91 Å². The molecule has 0 aliphatic rings. The number of aryl methyl sites for hydroxylation is 2. The van der Waals surface area contributed by atoms with Gasteiger partial charge in [0.25, 0.3) is 0 Å². The molecule has 1 N–H and O–H groups in total. The number of anilines is 1. The van der Waals surface area contributed by atoms with Gasteiger partial charge in [-0.05, 0) is 55.7 Å². The summed E-state index contributed by atoms with van der Waals surface area (Å²) in [6, 6.07) is 27.9. The number of hydrogen-bond acceptors (Lipinski definition) is 4. The second-order valence-corrected chi connectivity index (χ2v) is 10.5. The van der Waals surface area contributed by atoms with E-state index in [4.69, 9.17) is 4.98 Å². The highest BCUT2D eigenvalue weighted by Crippen LogP contribution is 2.36. The largest absolute Gasteiger partial charge is 0.325 e. The summed E-state index contributed by atoms with van der Waals surface area (Å²) in [6.45, 7) is 5.79. The van der Waals surface area contributed by atoms with Crippen molar-refractivity contribution in [3.8, 4) is 28.5 Å². The number of halogens is 1. The second-order valence-electron chi connectivity index (χ2n) is 8.24. The Morgan fingerprint density at radius 1 is 0.971 bits per heavy atom. The van der Waals surface area contributed by atoms with Gasteiger partial charge in [0.15, 0.2) is 0 Å². The lowest BCUT2D eigenvalue weighted by atomic mass is 9.99. The summed E-state index contributed by atoms with van der Waals surface area (Å²) in [5.74, 6) is -0.131. The number of nitrogens with zero attached hydrogens (tertiary/aromatic N) is 2. The van der Waals surface area contributed by atoms with E-state index in [0.717, 1.165) is 43.7 Å². The van der Waals surface area contributed by atoms with Gasteiger partial charge in [-0.15, -0.1) is 0 Å². The Bertz CT molecular complexity index is 1390. The van der Waals surface area contributed by atoms with Crippen LogP contribution in [0.3, 0.4) is 0 Å². The molecule has 174 valence electrons. The lowest BCUT2D eigenvalue weighted by Crippen LogP contribution is -2.23. The van der Waals surface area contributed by atoms with Crippen LogP contribution in [0.1, 0.15) is 23.6 Å². The van der Waals surface area contributed by atoms with Crippen molar-refractivity contribution in [1.29, 1.82) is 5.26 Å². The molecular formula is C29H24BrN3OS. The molecule has 0 fully saturated rings. The number of benzene rings is 3. The van der Waals surface area contributed by atoms with E-state index in [1.807, 2.05) is 99.6 Å². The molecular weight excluding hydrogens is 518 g/mol. The standard InChI is InChI=1S/C29H24BrN3OS/c1-18-8-7-9-19(2)27(18)33-28(34)20(3)35-29-25(17-31)24(21-10-5-4-6-11-21)16-26(32-29)22-12-14-23(30)15-13-22/h4-16,20H,1-3H3,(H,33,34)/t20-/m1/s1. The number of carbonyl (C=O) groups is 1. The Morgan fingerprint density at radius 3 is 2.26 bits per heavy atom. The first kappa shape index (κ1) is 24.7. The molecule has 4 aromatic rings. The molecule has 1 amide bonds. The number of carbonyl (C=O) groups excluding carboxylic acids is 1. The van der Waals surface area contributed by atoms with Crippen LogP contribution < -0.4 is 5.32 Å². The van der Waals surface area contributed by atoms with E-state index in [1.54, 1.807) is 0 Å². The number of thioether (sulfide) groups is 1. The molecule has 0 unspecified atom stereocenters. The highest BCUT2D eigenvalue weighted by molar-refractivity contribution is 9.10. The lowest BCUT2D eigenvalue weighted by molar-refractivity contribution is -0.115. The number of amides is 1. The minimum Gasteiger partial charge on any atom is -0.325 e. The van der Waals surface area contributed by atoms with E-state index in [9.17, 15) is 10.1 Å². The Balaban J connectivity index is 1.74. The quantitative estimate of drug-likeness (QED) is 0.253. The van der Waals surface area contributed by atoms with Gasteiger partial charge < -0.3 is 5.32 Å². The predicted molar refractivity (Wildman–Crippen MR) is 147 cm³/mol. The zero-order valence-electron chi connectivity index (χ0n) is 19.7. The monoisotopic (exact) mass is 541 g/mol. The van der Waals surface area contributed by atoms with Gasteiger partial charge in [0.2, 0.25) is 5.91 Å². The second kappa shape index (κ2) is 10.9. The molecule has 0 bridgehead atoms. The van der Waals surface area contributed by atoms with Crippen molar-refractivity contribution in [2.75, 3.05) is 5.32 Å². The molecule has 35 heavy (non-hydrogen) atoms. The zero-order valence-corrected chi connectivity index (χ0v) is 22.1. The average Bonchev–Trinajstić information content (AvgIpc) is 2.86. The number of para-hydroxylation sites is 1. The van der Waals surface area contributed by atoms with E-state index in [2.05, 4.69) is 27.3 Å². The van der Waals surface area contributed by atoms with Crippen LogP contribution in [0, 0.1) is 25.2 Å². The number of pyridine rings is 1.